The molecule has 9 heteroatoms. The van der Waals surface area contributed by atoms with Crippen molar-refractivity contribution in [3.05, 3.63) is 39.7 Å². The third-order valence-electron chi connectivity index (χ3n) is 3.10. The van der Waals surface area contributed by atoms with E-state index in [9.17, 15) is 4.79 Å². The molecule has 2 heterocycles. The summed E-state index contributed by atoms with van der Waals surface area (Å²) in [6.07, 6.45) is 1.58. The average molecular weight is 463 g/mol. The van der Waals surface area contributed by atoms with Crippen molar-refractivity contribution in [1.29, 1.82) is 0 Å². The fourth-order valence-electron chi connectivity index (χ4n) is 1.95. The van der Waals surface area contributed by atoms with Gasteiger partial charge in [-0.15, -0.1) is 35.3 Å². The summed E-state index contributed by atoms with van der Waals surface area (Å²) >= 11 is 1.65. The molecule has 0 saturated carbocycles. The van der Waals surface area contributed by atoms with Crippen LogP contribution in [0.3, 0.4) is 0 Å². The number of thiazole rings is 1. The number of nitrogens with one attached hydrogen (secondary N) is 3. The van der Waals surface area contributed by atoms with Crippen LogP contribution in [0.1, 0.15) is 21.3 Å². The lowest BCUT2D eigenvalue weighted by molar-refractivity contribution is -0.120. The number of carbonyl (C=O) groups excluding carboxylic acids is 1. The van der Waals surface area contributed by atoms with Crippen LogP contribution in [0.4, 0.5) is 0 Å². The van der Waals surface area contributed by atoms with Gasteiger partial charge in [0.05, 0.1) is 36.6 Å². The Hall–Kier alpha value is -1.62. The summed E-state index contributed by atoms with van der Waals surface area (Å²) in [5.74, 6) is 1.16. The van der Waals surface area contributed by atoms with Gasteiger partial charge in [0.2, 0.25) is 5.91 Å². The molecule has 0 aliphatic rings. The zero-order valence-corrected chi connectivity index (χ0v) is 17.0. The quantitative estimate of drug-likeness (QED) is 0.346. The maximum absolute atomic E-state index is 11.8. The Labute approximate surface area is 162 Å². The second-order valence-corrected chi connectivity index (χ2v) is 6.16. The van der Waals surface area contributed by atoms with E-state index in [-0.39, 0.29) is 36.4 Å². The minimum Gasteiger partial charge on any atom is -0.467 e. The molecule has 0 bridgehead atoms. The van der Waals surface area contributed by atoms with Crippen LogP contribution in [-0.4, -0.2) is 30.4 Å². The van der Waals surface area contributed by atoms with Crippen LogP contribution < -0.4 is 16.0 Å². The van der Waals surface area contributed by atoms with E-state index in [0.717, 1.165) is 21.3 Å². The summed E-state index contributed by atoms with van der Waals surface area (Å²) in [6.45, 7) is 5.11. The molecule has 3 N–H and O–H groups in total. The predicted octanol–water partition coefficient (Wildman–Crippen LogP) is 1.95. The number of hydrogen-bond acceptors (Lipinski definition) is 5. The highest BCUT2D eigenvalue weighted by atomic mass is 127. The minimum atomic E-state index is -0.130. The van der Waals surface area contributed by atoms with Crippen LogP contribution in [0, 0.1) is 13.8 Å². The molecule has 0 atom stereocenters. The number of guanidine groups is 1. The maximum atomic E-state index is 11.8. The van der Waals surface area contributed by atoms with Crippen LogP contribution in [-0.2, 0) is 17.9 Å². The number of hydrogen-bond donors (Lipinski definition) is 3. The Morgan fingerprint density at radius 2 is 2.08 bits per heavy atom. The Balaban J connectivity index is 0.00000288. The van der Waals surface area contributed by atoms with E-state index in [1.165, 1.54) is 0 Å². The molecule has 24 heavy (non-hydrogen) atoms. The third kappa shape index (κ3) is 6.48. The first-order valence-corrected chi connectivity index (χ1v) is 8.06. The molecule has 2 rings (SSSR count). The van der Waals surface area contributed by atoms with Crippen molar-refractivity contribution in [2.75, 3.05) is 13.6 Å². The minimum absolute atomic E-state index is 0. The molecule has 0 aliphatic heterocycles. The van der Waals surface area contributed by atoms with Gasteiger partial charge in [0, 0.05) is 11.9 Å². The highest BCUT2D eigenvalue weighted by molar-refractivity contribution is 14.0. The van der Waals surface area contributed by atoms with Gasteiger partial charge in [-0.05, 0) is 26.0 Å². The molecule has 132 valence electrons. The van der Waals surface area contributed by atoms with Crippen LogP contribution in [0.2, 0.25) is 0 Å². The number of halogens is 1. The zero-order valence-electron chi connectivity index (χ0n) is 13.9. The number of aromatic nitrogens is 1. The summed E-state index contributed by atoms with van der Waals surface area (Å²) in [7, 11) is 1.67. The smallest absolute Gasteiger partial charge is 0.239 e. The number of amides is 1. The molecule has 1 amide bonds. The van der Waals surface area contributed by atoms with Crippen molar-refractivity contribution >= 4 is 47.2 Å². The molecule has 0 aromatic carbocycles. The lowest BCUT2D eigenvalue weighted by atomic mass is 10.4. The normalized spacial score (nSPS) is 10.9. The highest BCUT2D eigenvalue weighted by Gasteiger charge is 2.07. The van der Waals surface area contributed by atoms with Crippen molar-refractivity contribution in [3.63, 3.8) is 0 Å². The van der Waals surface area contributed by atoms with Gasteiger partial charge in [-0.25, -0.2) is 4.98 Å². The second-order valence-electron chi connectivity index (χ2n) is 4.88. The van der Waals surface area contributed by atoms with E-state index in [0.29, 0.717) is 19.0 Å². The average Bonchev–Trinajstić information content (AvgIpc) is 3.15. The van der Waals surface area contributed by atoms with Crippen molar-refractivity contribution in [3.8, 4) is 0 Å². The molecular weight excluding hydrogens is 441 g/mol. The predicted molar refractivity (Wildman–Crippen MR) is 106 cm³/mol. The third-order valence-corrected chi connectivity index (χ3v) is 4.17. The Morgan fingerprint density at radius 1 is 1.29 bits per heavy atom. The van der Waals surface area contributed by atoms with Gasteiger partial charge in [-0.3, -0.25) is 9.79 Å². The Bertz CT molecular complexity index is 669. The number of aryl methyl sites for hydroxylation is 2. The molecule has 2 aromatic rings. The summed E-state index contributed by atoms with van der Waals surface area (Å²) < 4.78 is 5.16. The zero-order chi connectivity index (χ0) is 16.7. The Morgan fingerprint density at radius 3 is 2.67 bits per heavy atom. The van der Waals surface area contributed by atoms with E-state index >= 15 is 0 Å². The largest absolute Gasteiger partial charge is 0.467 e. The molecule has 0 radical (unpaired) electrons. The molecule has 0 aliphatic carbocycles. The summed E-state index contributed by atoms with van der Waals surface area (Å²) in [6, 6.07) is 3.60. The summed E-state index contributed by atoms with van der Waals surface area (Å²) in [5, 5.41) is 9.96. The standard InChI is InChI=1S/C15H21N5O2S.HI/c1-10-13(23-11(2)20-10)8-18-15(16-3)19-9-14(21)17-7-12-5-4-6-22-12;/h4-6H,7-9H2,1-3H3,(H,17,21)(H2,16,18,19);1H. The molecular formula is C15H22IN5O2S. The fraction of sp³-hybridized carbons (Fsp3) is 0.400. The first-order chi connectivity index (χ1) is 11.1. The van der Waals surface area contributed by atoms with E-state index < -0.39 is 0 Å². The summed E-state index contributed by atoms with van der Waals surface area (Å²) in [5.41, 5.74) is 1.02. The molecule has 0 unspecified atom stereocenters. The van der Waals surface area contributed by atoms with Crippen molar-refractivity contribution in [1.82, 2.24) is 20.9 Å². The van der Waals surface area contributed by atoms with Gasteiger partial charge >= 0.3 is 0 Å². The van der Waals surface area contributed by atoms with Gasteiger partial charge in [0.15, 0.2) is 5.96 Å². The van der Waals surface area contributed by atoms with Crippen molar-refractivity contribution in [2.24, 2.45) is 4.99 Å². The monoisotopic (exact) mass is 463 g/mol. The topological polar surface area (TPSA) is 91.5 Å². The Kier molecular flexibility index (Phi) is 8.76. The van der Waals surface area contributed by atoms with Gasteiger partial charge < -0.3 is 20.4 Å². The van der Waals surface area contributed by atoms with Gasteiger partial charge in [-0.2, -0.15) is 0 Å². The molecule has 0 spiro atoms. The molecule has 0 saturated heterocycles. The van der Waals surface area contributed by atoms with Crippen LogP contribution >= 0.6 is 35.3 Å². The number of nitrogens with zero attached hydrogens (tertiary/aromatic N) is 2. The van der Waals surface area contributed by atoms with E-state index in [2.05, 4.69) is 25.9 Å². The van der Waals surface area contributed by atoms with Crippen molar-refractivity contribution < 1.29 is 9.21 Å². The molecule has 2 aromatic heterocycles. The number of rotatable bonds is 6. The van der Waals surface area contributed by atoms with Gasteiger partial charge in [0.1, 0.15) is 5.76 Å². The number of aliphatic imine (C=N–C) groups is 1. The highest BCUT2D eigenvalue weighted by Crippen LogP contribution is 2.16. The van der Waals surface area contributed by atoms with Crippen LogP contribution in [0.5, 0.6) is 0 Å². The fourth-order valence-corrected chi connectivity index (χ4v) is 2.82. The van der Waals surface area contributed by atoms with Gasteiger partial charge in [-0.1, -0.05) is 0 Å². The first kappa shape index (κ1) is 20.4. The second kappa shape index (κ2) is 10.3. The van der Waals surface area contributed by atoms with Crippen LogP contribution in [0.25, 0.3) is 0 Å². The van der Waals surface area contributed by atoms with E-state index in [4.69, 9.17) is 4.42 Å². The number of carbonyl (C=O) groups is 1. The number of furan rings is 1. The van der Waals surface area contributed by atoms with Crippen molar-refractivity contribution in [2.45, 2.75) is 26.9 Å². The van der Waals surface area contributed by atoms with Gasteiger partial charge in [0.25, 0.3) is 0 Å². The lowest BCUT2D eigenvalue weighted by Gasteiger charge is -2.11. The molecule has 0 fully saturated rings. The lowest BCUT2D eigenvalue weighted by Crippen LogP contribution is -2.42. The van der Waals surface area contributed by atoms with E-state index in [1.54, 1.807) is 30.7 Å². The molecule has 7 nitrogen and oxygen atoms in total. The SMILES string of the molecule is CN=C(NCC(=O)NCc1ccco1)NCc1sc(C)nc1C.I. The van der Waals surface area contributed by atoms with Crippen LogP contribution in [0.15, 0.2) is 27.8 Å². The maximum Gasteiger partial charge on any atom is 0.239 e. The first-order valence-electron chi connectivity index (χ1n) is 7.25. The summed E-state index contributed by atoms with van der Waals surface area (Å²) in [4.78, 5) is 21.4. The van der Waals surface area contributed by atoms with E-state index in [1.807, 2.05) is 19.9 Å².